The van der Waals surface area contributed by atoms with Crippen LogP contribution in [0.25, 0.3) is 0 Å². The van der Waals surface area contributed by atoms with Gasteiger partial charge in [0.2, 0.25) is 5.95 Å². The number of nitrogens with one attached hydrogen (secondary N) is 1. The minimum atomic E-state index is -0.517. The van der Waals surface area contributed by atoms with Crippen LogP contribution < -0.4 is 15.1 Å². The summed E-state index contributed by atoms with van der Waals surface area (Å²) in [4.78, 5) is 30.1. The second-order valence-corrected chi connectivity index (χ2v) is 10.8. The lowest BCUT2D eigenvalue weighted by atomic mass is 9.52. The standard InChI is InChI=1S/C25H31FN6O2/c1-15-14-31(21-3-4-27-13-19(21)26)6-7-32(15)24-28-5-2-20(29-24)23(33)30-22-17-8-16-9-18(22)12-25(34,10-16)11-17/h2-5,13,15-18,22,34H,6-12,14H2,1H3,(H,30,33)/t15-,16?,17?,18?,22?,25?/m1/s1. The van der Waals surface area contributed by atoms with Gasteiger partial charge in [0, 0.05) is 44.1 Å². The molecule has 4 bridgehead atoms. The monoisotopic (exact) mass is 466 g/mol. The zero-order valence-electron chi connectivity index (χ0n) is 19.4. The number of hydrogen-bond donors (Lipinski definition) is 2. The van der Waals surface area contributed by atoms with Crippen molar-refractivity contribution in [1.29, 1.82) is 0 Å². The summed E-state index contributed by atoms with van der Waals surface area (Å²) >= 11 is 0. The van der Waals surface area contributed by atoms with Gasteiger partial charge >= 0.3 is 0 Å². The topological polar surface area (TPSA) is 94.5 Å². The van der Waals surface area contributed by atoms with E-state index in [1.54, 1.807) is 24.5 Å². The van der Waals surface area contributed by atoms with Gasteiger partial charge in [-0.25, -0.2) is 14.4 Å². The number of halogens is 1. The van der Waals surface area contributed by atoms with Crippen LogP contribution in [0.1, 0.15) is 49.5 Å². The van der Waals surface area contributed by atoms with E-state index in [0.717, 1.165) is 32.1 Å². The van der Waals surface area contributed by atoms with Crippen LogP contribution in [0.2, 0.25) is 0 Å². The summed E-state index contributed by atoms with van der Waals surface area (Å²) in [5.74, 6) is 1.33. The van der Waals surface area contributed by atoms with E-state index >= 15 is 0 Å². The third-order valence-corrected chi connectivity index (χ3v) is 8.39. The maximum absolute atomic E-state index is 14.2. The number of rotatable bonds is 4. The molecule has 2 N–H and O–H groups in total. The molecule has 9 heteroatoms. The Balaban J connectivity index is 1.14. The Morgan fingerprint density at radius 2 is 1.97 bits per heavy atom. The van der Waals surface area contributed by atoms with Crippen LogP contribution in [-0.2, 0) is 0 Å². The molecule has 5 fully saturated rings. The molecule has 1 saturated heterocycles. The molecule has 3 atom stereocenters. The van der Waals surface area contributed by atoms with Gasteiger partial charge in [-0.3, -0.25) is 9.78 Å². The Hall–Kier alpha value is -2.81. The van der Waals surface area contributed by atoms with Crippen molar-refractivity contribution in [3.05, 3.63) is 42.2 Å². The highest BCUT2D eigenvalue weighted by Crippen LogP contribution is 2.55. The lowest BCUT2D eigenvalue weighted by molar-refractivity contribution is -0.136. The molecule has 8 nitrogen and oxygen atoms in total. The van der Waals surface area contributed by atoms with Gasteiger partial charge in [-0.15, -0.1) is 0 Å². The normalized spacial score (nSPS) is 34.4. The highest BCUT2D eigenvalue weighted by Gasteiger charge is 2.55. The number of piperazine rings is 1. The first kappa shape index (κ1) is 21.7. The molecule has 2 unspecified atom stereocenters. The number of nitrogens with zero attached hydrogens (tertiary/aromatic N) is 5. The number of amides is 1. The van der Waals surface area contributed by atoms with E-state index in [1.165, 1.54) is 6.20 Å². The fraction of sp³-hybridized carbons (Fsp3) is 0.600. The summed E-state index contributed by atoms with van der Waals surface area (Å²) in [6, 6.07) is 3.52. The molecule has 2 aromatic rings. The summed E-state index contributed by atoms with van der Waals surface area (Å²) in [6.45, 7) is 3.93. The molecule has 1 aliphatic heterocycles. The van der Waals surface area contributed by atoms with E-state index in [-0.39, 0.29) is 23.8 Å². The van der Waals surface area contributed by atoms with Crippen molar-refractivity contribution in [3.63, 3.8) is 0 Å². The Morgan fingerprint density at radius 3 is 2.68 bits per heavy atom. The van der Waals surface area contributed by atoms with Crippen LogP contribution in [0.5, 0.6) is 0 Å². The number of hydrogen-bond acceptors (Lipinski definition) is 7. The van der Waals surface area contributed by atoms with E-state index in [9.17, 15) is 14.3 Å². The minimum Gasteiger partial charge on any atom is -0.390 e. The van der Waals surface area contributed by atoms with Crippen LogP contribution in [0.3, 0.4) is 0 Å². The fourth-order valence-corrected chi connectivity index (χ4v) is 7.15. The quantitative estimate of drug-likeness (QED) is 0.715. The lowest BCUT2D eigenvalue weighted by Gasteiger charge is -2.58. The summed E-state index contributed by atoms with van der Waals surface area (Å²) < 4.78 is 14.2. The molecular formula is C25H31FN6O2. The molecule has 0 aromatic carbocycles. The molecule has 4 saturated carbocycles. The summed E-state index contributed by atoms with van der Waals surface area (Å²) in [5.41, 5.74) is 0.403. The van der Waals surface area contributed by atoms with Crippen molar-refractivity contribution in [1.82, 2.24) is 20.3 Å². The van der Waals surface area contributed by atoms with E-state index in [4.69, 9.17) is 0 Å². The smallest absolute Gasteiger partial charge is 0.270 e. The third-order valence-electron chi connectivity index (χ3n) is 8.39. The second-order valence-electron chi connectivity index (χ2n) is 10.8. The van der Waals surface area contributed by atoms with Crippen LogP contribution in [0, 0.1) is 23.6 Å². The number of aliphatic hydroxyl groups is 1. The summed E-state index contributed by atoms with van der Waals surface area (Å²) in [5, 5.41) is 14.1. The Bertz CT molecular complexity index is 1080. The maximum Gasteiger partial charge on any atom is 0.270 e. The van der Waals surface area contributed by atoms with Crippen LogP contribution in [-0.4, -0.2) is 63.3 Å². The SMILES string of the molecule is C[C@@H]1CN(c2ccncc2F)CCN1c1nccc(C(=O)NC2C3CC4CC2CC(O)(C4)C3)n1. The molecule has 4 aliphatic carbocycles. The maximum atomic E-state index is 14.2. The van der Waals surface area contributed by atoms with Gasteiger partial charge in [0.25, 0.3) is 5.91 Å². The van der Waals surface area contributed by atoms with Gasteiger partial charge in [-0.05, 0) is 68.9 Å². The number of aromatic nitrogens is 3. The average Bonchev–Trinajstić information content (AvgIpc) is 2.80. The van der Waals surface area contributed by atoms with E-state index in [0.29, 0.717) is 54.7 Å². The predicted molar refractivity (Wildman–Crippen MR) is 125 cm³/mol. The highest BCUT2D eigenvalue weighted by atomic mass is 19.1. The molecule has 34 heavy (non-hydrogen) atoms. The molecule has 1 amide bonds. The number of pyridine rings is 1. The first-order valence-corrected chi connectivity index (χ1v) is 12.4. The Kier molecular flexibility index (Phi) is 5.20. The van der Waals surface area contributed by atoms with Crippen LogP contribution in [0.4, 0.5) is 16.0 Å². The van der Waals surface area contributed by atoms with Crippen molar-refractivity contribution >= 4 is 17.5 Å². The molecular weight excluding hydrogens is 435 g/mol. The number of carbonyl (C=O) groups excluding carboxylic acids is 1. The van der Waals surface area contributed by atoms with Gasteiger partial charge < -0.3 is 20.2 Å². The van der Waals surface area contributed by atoms with Gasteiger partial charge in [0.1, 0.15) is 5.69 Å². The van der Waals surface area contributed by atoms with Gasteiger partial charge in [-0.1, -0.05) is 0 Å². The molecule has 3 heterocycles. The van der Waals surface area contributed by atoms with Crippen LogP contribution >= 0.6 is 0 Å². The first-order valence-electron chi connectivity index (χ1n) is 12.4. The van der Waals surface area contributed by atoms with Crippen molar-refractivity contribution in [2.75, 3.05) is 29.4 Å². The lowest BCUT2D eigenvalue weighted by Crippen LogP contribution is -2.61. The van der Waals surface area contributed by atoms with Crippen molar-refractivity contribution in [3.8, 4) is 0 Å². The van der Waals surface area contributed by atoms with Gasteiger partial charge in [-0.2, -0.15) is 0 Å². The molecule has 0 radical (unpaired) electrons. The van der Waals surface area contributed by atoms with Crippen LogP contribution in [0.15, 0.2) is 30.7 Å². The third kappa shape index (κ3) is 3.79. The molecule has 5 aliphatic rings. The Labute approximate surface area is 198 Å². The molecule has 7 rings (SSSR count). The molecule has 2 aromatic heterocycles. The van der Waals surface area contributed by atoms with Crippen molar-refractivity contribution < 1.29 is 14.3 Å². The number of carbonyl (C=O) groups is 1. The molecule has 0 spiro atoms. The highest BCUT2D eigenvalue weighted by molar-refractivity contribution is 5.92. The summed E-state index contributed by atoms with van der Waals surface area (Å²) in [6.07, 6.45) is 9.18. The first-order chi connectivity index (χ1) is 16.4. The minimum absolute atomic E-state index is 0.0461. The molecule has 180 valence electrons. The number of anilines is 2. The average molecular weight is 467 g/mol. The summed E-state index contributed by atoms with van der Waals surface area (Å²) in [7, 11) is 0. The van der Waals surface area contributed by atoms with Crippen molar-refractivity contribution in [2.45, 2.75) is 56.7 Å². The van der Waals surface area contributed by atoms with E-state index in [1.807, 2.05) is 4.90 Å². The van der Waals surface area contributed by atoms with Gasteiger partial charge in [0.15, 0.2) is 5.82 Å². The largest absolute Gasteiger partial charge is 0.390 e. The second kappa shape index (κ2) is 8.15. The fourth-order valence-electron chi connectivity index (χ4n) is 7.15. The Morgan fingerprint density at radius 1 is 1.18 bits per heavy atom. The van der Waals surface area contributed by atoms with Gasteiger partial charge in [0.05, 0.1) is 17.5 Å². The zero-order chi connectivity index (χ0) is 23.4. The van der Waals surface area contributed by atoms with E-state index in [2.05, 4.69) is 32.1 Å². The van der Waals surface area contributed by atoms with E-state index < -0.39 is 5.60 Å². The van der Waals surface area contributed by atoms with Crippen molar-refractivity contribution in [2.24, 2.45) is 17.8 Å². The zero-order valence-corrected chi connectivity index (χ0v) is 19.4. The predicted octanol–water partition coefficient (Wildman–Crippen LogP) is 2.40.